The number of halogens is 5. The fourth-order valence-electron chi connectivity index (χ4n) is 3.96. The summed E-state index contributed by atoms with van der Waals surface area (Å²) in [5, 5.41) is 0.00808. The summed E-state index contributed by atoms with van der Waals surface area (Å²) in [5.74, 6) is -3.47. The zero-order valence-electron chi connectivity index (χ0n) is 22.3. The summed E-state index contributed by atoms with van der Waals surface area (Å²) in [4.78, 5) is 35.8. The van der Waals surface area contributed by atoms with Gasteiger partial charge in [-0.15, -0.1) is 13.2 Å². The van der Waals surface area contributed by atoms with Gasteiger partial charge >= 0.3 is 43.7 Å². The molecular formula is C23H21F5N2NaO8PS. The van der Waals surface area contributed by atoms with Crippen LogP contribution in [0.5, 0.6) is 17.2 Å². The molecule has 0 unspecified atom stereocenters. The Hall–Kier alpha value is -2.17. The maximum absolute atomic E-state index is 13.5. The first-order chi connectivity index (χ1) is 18.6. The molecule has 218 valence electrons. The molecule has 4 rings (SSSR count). The molecule has 1 saturated carbocycles. The van der Waals surface area contributed by atoms with Gasteiger partial charge in [-0.3, -0.25) is 13.9 Å². The standard InChI is InChI=1S/C23H20F5N2O8PS.Na.H/c1-35-18-10-14(2-7-17(18)36-13-21(38-39(32,33)34)11-22(24,25)12-21)30-9-8-29-19(20(30)31)40-16-5-3-15(4-6-16)37-23(26,27)28;;/h2-10H,11-13H2,1H3,(H2,32,33,34);;/q;+1;-1. The van der Waals surface area contributed by atoms with E-state index in [1.165, 1.54) is 54.4 Å². The molecule has 1 fully saturated rings. The minimum absolute atomic E-state index is 0. The number of aromatic nitrogens is 2. The Kier molecular flexibility index (Phi) is 10.2. The van der Waals surface area contributed by atoms with Crippen LogP contribution in [-0.4, -0.2) is 50.9 Å². The van der Waals surface area contributed by atoms with Crippen molar-refractivity contribution in [3.05, 3.63) is 65.2 Å². The van der Waals surface area contributed by atoms with E-state index >= 15 is 0 Å². The van der Waals surface area contributed by atoms with E-state index in [0.717, 1.165) is 23.9 Å². The first-order valence-corrected chi connectivity index (χ1v) is 13.5. The van der Waals surface area contributed by atoms with Crippen LogP contribution in [0.1, 0.15) is 14.3 Å². The predicted octanol–water partition coefficient (Wildman–Crippen LogP) is 2.06. The van der Waals surface area contributed by atoms with Crippen molar-refractivity contribution in [1.29, 1.82) is 0 Å². The smallest absolute Gasteiger partial charge is 1.00 e. The maximum atomic E-state index is 13.5. The van der Waals surface area contributed by atoms with E-state index < -0.39 is 56.5 Å². The Morgan fingerprint density at radius 2 is 1.78 bits per heavy atom. The molecule has 1 aliphatic rings. The Labute approximate surface area is 256 Å². The average Bonchev–Trinajstić information content (AvgIpc) is 2.82. The Balaban J connectivity index is 0.00000308. The number of hydrogen-bond acceptors (Lipinski definition) is 8. The molecule has 41 heavy (non-hydrogen) atoms. The van der Waals surface area contributed by atoms with E-state index in [4.69, 9.17) is 19.3 Å². The van der Waals surface area contributed by atoms with Crippen molar-refractivity contribution in [2.24, 2.45) is 0 Å². The largest absolute Gasteiger partial charge is 1.00 e. The summed E-state index contributed by atoms with van der Waals surface area (Å²) in [6.45, 7) is -0.605. The van der Waals surface area contributed by atoms with E-state index in [2.05, 4.69) is 14.2 Å². The summed E-state index contributed by atoms with van der Waals surface area (Å²) in [6.07, 6.45) is -4.04. The van der Waals surface area contributed by atoms with Gasteiger partial charge in [-0.25, -0.2) is 18.3 Å². The van der Waals surface area contributed by atoms with Crippen molar-refractivity contribution in [3.8, 4) is 22.9 Å². The second kappa shape index (κ2) is 12.6. The van der Waals surface area contributed by atoms with Gasteiger partial charge in [0.05, 0.1) is 12.8 Å². The van der Waals surface area contributed by atoms with E-state index in [0.29, 0.717) is 10.6 Å². The molecule has 18 heteroatoms. The zero-order chi connectivity index (χ0) is 29.3. The van der Waals surface area contributed by atoms with Crippen molar-refractivity contribution >= 4 is 19.6 Å². The molecule has 1 heterocycles. The van der Waals surface area contributed by atoms with Gasteiger partial charge in [0.1, 0.15) is 18.0 Å². The molecule has 2 N–H and O–H groups in total. The van der Waals surface area contributed by atoms with Crippen LogP contribution in [0.2, 0.25) is 0 Å². The van der Waals surface area contributed by atoms with Gasteiger partial charge in [0.25, 0.3) is 11.5 Å². The molecule has 0 spiro atoms. The summed E-state index contributed by atoms with van der Waals surface area (Å²) in [5.41, 5.74) is -2.18. The zero-order valence-corrected chi connectivity index (χ0v) is 25.0. The van der Waals surface area contributed by atoms with Crippen LogP contribution in [-0.2, 0) is 9.09 Å². The number of hydrogen-bond donors (Lipinski definition) is 2. The number of benzene rings is 2. The van der Waals surface area contributed by atoms with Crippen molar-refractivity contribution in [2.75, 3.05) is 13.7 Å². The molecule has 1 aromatic heterocycles. The minimum Gasteiger partial charge on any atom is -1.00 e. The molecule has 0 aliphatic heterocycles. The molecule has 0 bridgehead atoms. The van der Waals surface area contributed by atoms with E-state index in [-0.39, 0.29) is 47.5 Å². The van der Waals surface area contributed by atoms with E-state index in [1.807, 2.05) is 0 Å². The molecule has 1 aliphatic carbocycles. The molecule has 2 aromatic carbocycles. The van der Waals surface area contributed by atoms with Crippen LogP contribution in [0.3, 0.4) is 0 Å². The Morgan fingerprint density at radius 1 is 1.12 bits per heavy atom. The summed E-state index contributed by atoms with van der Waals surface area (Å²) >= 11 is 0.911. The van der Waals surface area contributed by atoms with Crippen LogP contribution in [0.15, 0.2) is 69.6 Å². The first-order valence-electron chi connectivity index (χ1n) is 11.1. The van der Waals surface area contributed by atoms with E-state index in [9.17, 15) is 31.3 Å². The molecule has 0 saturated heterocycles. The molecule has 3 aromatic rings. The maximum Gasteiger partial charge on any atom is 1.00 e. The first kappa shape index (κ1) is 33.3. The number of ether oxygens (including phenoxy) is 3. The van der Waals surface area contributed by atoms with Crippen molar-refractivity contribution in [1.82, 2.24) is 9.55 Å². The third-order valence-corrected chi connectivity index (χ3v) is 7.08. The van der Waals surface area contributed by atoms with Gasteiger partial charge in [-0.2, -0.15) is 0 Å². The second-order valence-corrected chi connectivity index (χ2v) is 10.9. The van der Waals surface area contributed by atoms with Gasteiger partial charge in [0.2, 0.25) is 0 Å². The van der Waals surface area contributed by atoms with Crippen molar-refractivity contribution in [2.45, 2.75) is 40.6 Å². The Bertz CT molecular complexity index is 1480. The number of rotatable bonds is 10. The summed E-state index contributed by atoms with van der Waals surface area (Å²) < 4.78 is 95.9. The number of phosphoric ester groups is 1. The number of nitrogens with zero attached hydrogens (tertiary/aromatic N) is 2. The van der Waals surface area contributed by atoms with E-state index in [1.54, 1.807) is 0 Å². The number of phosphoric acid groups is 1. The molecule has 0 amide bonds. The van der Waals surface area contributed by atoms with Crippen molar-refractivity contribution in [3.63, 3.8) is 0 Å². The van der Waals surface area contributed by atoms with Crippen LogP contribution in [0.25, 0.3) is 5.69 Å². The van der Waals surface area contributed by atoms with Gasteiger partial charge in [0.15, 0.2) is 16.5 Å². The molecule has 0 radical (unpaired) electrons. The fourth-order valence-corrected chi connectivity index (χ4v) is 5.44. The average molecular weight is 634 g/mol. The molecule has 10 nitrogen and oxygen atoms in total. The van der Waals surface area contributed by atoms with Crippen LogP contribution in [0, 0.1) is 0 Å². The van der Waals surface area contributed by atoms with Crippen LogP contribution in [0.4, 0.5) is 22.0 Å². The molecule has 0 atom stereocenters. The normalized spacial score (nSPS) is 15.8. The van der Waals surface area contributed by atoms with Gasteiger partial charge in [-0.1, -0.05) is 11.8 Å². The van der Waals surface area contributed by atoms with Gasteiger partial charge in [-0.05, 0) is 36.4 Å². The number of alkyl halides is 5. The topological polar surface area (TPSA) is 129 Å². The quantitative estimate of drug-likeness (QED) is 0.194. The second-order valence-electron chi connectivity index (χ2n) is 8.63. The SMILES string of the molecule is COc1cc(-n2ccnc(Sc3ccc(OC(F)(F)F)cc3)c2=O)ccc1OCC1(OP(=O)(O)O)CC(F)(F)C1.[H-].[Na+]. The van der Waals surface area contributed by atoms with Crippen LogP contribution >= 0.6 is 19.6 Å². The fraction of sp³-hybridized carbons (Fsp3) is 0.304. The van der Waals surface area contributed by atoms with Gasteiger partial charge < -0.3 is 25.4 Å². The predicted molar refractivity (Wildman–Crippen MR) is 130 cm³/mol. The molecular weight excluding hydrogens is 613 g/mol. The third kappa shape index (κ3) is 8.91. The monoisotopic (exact) mass is 634 g/mol. The Morgan fingerprint density at radius 3 is 2.34 bits per heavy atom. The number of methoxy groups -OCH3 is 1. The minimum atomic E-state index is -5.09. The van der Waals surface area contributed by atoms with Gasteiger partial charge in [0, 0.05) is 36.2 Å². The summed E-state index contributed by atoms with van der Waals surface area (Å²) in [6, 6.07) is 9.08. The van der Waals surface area contributed by atoms with Crippen LogP contribution < -0.4 is 49.3 Å². The third-order valence-electron chi connectivity index (χ3n) is 5.47. The van der Waals surface area contributed by atoms with Crippen molar-refractivity contribution < 1.29 is 86.0 Å². The summed E-state index contributed by atoms with van der Waals surface area (Å²) in [7, 11) is -3.80.